The zero-order valence-electron chi connectivity index (χ0n) is 10.2. The molecule has 15 heavy (non-hydrogen) atoms. The van der Waals surface area contributed by atoms with E-state index in [4.69, 9.17) is 0 Å². The molecule has 0 heterocycles. The lowest BCUT2D eigenvalue weighted by atomic mass is 9.68. The Morgan fingerprint density at radius 1 is 1.07 bits per heavy atom. The summed E-state index contributed by atoms with van der Waals surface area (Å²) in [7, 11) is 0. The molecule has 1 aliphatic carbocycles. The highest BCUT2D eigenvalue weighted by Crippen LogP contribution is 2.41. The molecule has 0 aromatic heterocycles. The summed E-state index contributed by atoms with van der Waals surface area (Å²) in [5, 5.41) is 18.7. The van der Waals surface area contributed by atoms with Crippen LogP contribution in [-0.2, 0) is 0 Å². The van der Waals surface area contributed by atoms with E-state index in [-0.39, 0.29) is 18.6 Å². The molecule has 1 rings (SSSR count). The van der Waals surface area contributed by atoms with Crippen molar-refractivity contribution in [2.45, 2.75) is 52.4 Å². The van der Waals surface area contributed by atoms with Gasteiger partial charge < -0.3 is 10.2 Å². The Bertz CT molecular complexity index is 167. The first-order valence-corrected chi connectivity index (χ1v) is 6.38. The van der Waals surface area contributed by atoms with Gasteiger partial charge in [0, 0.05) is 5.41 Å². The maximum absolute atomic E-state index is 9.35. The zero-order chi connectivity index (χ0) is 11.3. The van der Waals surface area contributed by atoms with Crippen LogP contribution in [0.3, 0.4) is 0 Å². The molecule has 0 spiro atoms. The molecule has 0 aliphatic heterocycles. The third-order valence-electron chi connectivity index (χ3n) is 4.25. The Morgan fingerprint density at radius 2 is 1.60 bits per heavy atom. The summed E-state index contributed by atoms with van der Waals surface area (Å²) >= 11 is 0. The van der Waals surface area contributed by atoms with E-state index < -0.39 is 0 Å². The second-order valence-corrected chi connectivity index (χ2v) is 5.48. The van der Waals surface area contributed by atoms with Crippen molar-refractivity contribution < 1.29 is 10.2 Å². The molecule has 0 aromatic rings. The van der Waals surface area contributed by atoms with Crippen LogP contribution in [0, 0.1) is 17.3 Å². The molecule has 0 unspecified atom stereocenters. The molecule has 0 amide bonds. The average Bonchev–Trinajstić information content (AvgIpc) is 2.29. The Kier molecular flexibility index (Phi) is 5.07. The summed E-state index contributed by atoms with van der Waals surface area (Å²) in [6, 6.07) is 0. The normalized spacial score (nSPS) is 28.0. The largest absolute Gasteiger partial charge is 0.396 e. The summed E-state index contributed by atoms with van der Waals surface area (Å²) in [6.45, 7) is 4.49. The predicted molar refractivity (Wildman–Crippen MR) is 62.6 cm³/mol. The average molecular weight is 214 g/mol. The minimum Gasteiger partial charge on any atom is -0.396 e. The number of hydrogen-bond donors (Lipinski definition) is 2. The van der Waals surface area contributed by atoms with Crippen molar-refractivity contribution in [2.75, 3.05) is 13.2 Å². The summed E-state index contributed by atoms with van der Waals surface area (Å²) in [4.78, 5) is 0. The van der Waals surface area contributed by atoms with Crippen LogP contribution in [-0.4, -0.2) is 23.4 Å². The molecular formula is C13H26O2. The second-order valence-electron chi connectivity index (χ2n) is 5.48. The molecule has 2 N–H and O–H groups in total. The van der Waals surface area contributed by atoms with Crippen molar-refractivity contribution >= 4 is 0 Å². The second kappa shape index (κ2) is 5.86. The minimum absolute atomic E-state index is 0.118. The van der Waals surface area contributed by atoms with Crippen LogP contribution in [0.1, 0.15) is 52.4 Å². The standard InChI is InChI=1S/C13H26O2/c1-3-4-11-5-7-12(8-6-11)13(2,9-14)10-15/h11-12,14-15H,3-10H2,1-2H3/t11-,12-. The quantitative estimate of drug-likeness (QED) is 0.738. The first-order chi connectivity index (χ1) is 7.16. The third-order valence-corrected chi connectivity index (χ3v) is 4.25. The van der Waals surface area contributed by atoms with E-state index >= 15 is 0 Å². The Hall–Kier alpha value is -0.0800. The van der Waals surface area contributed by atoms with Crippen LogP contribution in [0.25, 0.3) is 0 Å². The van der Waals surface area contributed by atoms with Crippen LogP contribution in [0.5, 0.6) is 0 Å². The molecule has 0 bridgehead atoms. The van der Waals surface area contributed by atoms with Crippen LogP contribution in [0.15, 0.2) is 0 Å². The molecular weight excluding hydrogens is 188 g/mol. The summed E-state index contributed by atoms with van der Waals surface area (Å²) in [5.74, 6) is 1.41. The van der Waals surface area contributed by atoms with Crippen molar-refractivity contribution in [2.24, 2.45) is 17.3 Å². The first kappa shape index (κ1) is 13.0. The van der Waals surface area contributed by atoms with Gasteiger partial charge in [0.2, 0.25) is 0 Å². The monoisotopic (exact) mass is 214 g/mol. The predicted octanol–water partition coefficient (Wildman–Crippen LogP) is 2.58. The molecule has 1 aliphatic rings. The third kappa shape index (κ3) is 3.18. The molecule has 1 fully saturated rings. The van der Waals surface area contributed by atoms with Crippen LogP contribution >= 0.6 is 0 Å². The van der Waals surface area contributed by atoms with Gasteiger partial charge in [0.15, 0.2) is 0 Å². The van der Waals surface area contributed by atoms with Crippen LogP contribution < -0.4 is 0 Å². The van der Waals surface area contributed by atoms with Gasteiger partial charge in [-0.2, -0.15) is 0 Å². The highest BCUT2D eigenvalue weighted by atomic mass is 16.3. The summed E-state index contributed by atoms with van der Waals surface area (Å²) in [6.07, 6.45) is 7.57. The lowest BCUT2D eigenvalue weighted by Gasteiger charge is -2.39. The number of hydrogen-bond acceptors (Lipinski definition) is 2. The van der Waals surface area contributed by atoms with Gasteiger partial charge in [0.25, 0.3) is 0 Å². The van der Waals surface area contributed by atoms with E-state index in [1.54, 1.807) is 0 Å². The fourth-order valence-corrected chi connectivity index (χ4v) is 2.86. The Balaban J connectivity index is 2.42. The van der Waals surface area contributed by atoms with E-state index in [1.165, 1.54) is 38.5 Å². The van der Waals surface area contributed by atoms with Gasteiger partial charge in [-0.15, -0.1) is 0 Å². The summed E-state index contributed by atoms with van der Waals surface area (Å²) in [5.41, 5.74) is -0.253. The molecule has 2 nitrogen and oxygen atoms in total. The van der Waals surface area contributed by atoms with E-state index in [9.17, 15) is 10.2 Å². The minimum atomic E-state index is -0.253. The van der Waals surface area contributed by atoms with Crippen molar-refractivity contribution in [3.63, 3.8) is 0 Å². The fraction of sp³-hybridized carbons (Fsp3) is 1.00. The number of aliphatic hydroxyl groups excluding tert-OH is 2. The topological polar surface area (TPSA) is 40.5 Å². The van der Waals surface area contributed by atoms with E-state index in [2.05, 4.69) is 6.92 Å². The van der Waals surface area contributed by atoms with Gasteiger partial charge in [-0.3, -0.25) is 0 Å². The van der Waals surface area contributed by atoms with E-state index in [1.807, 2.05) is 6.92 Å². The zero-order valence-corrected chi connectivity index (χ0v) is 10.2. The van der Waals surface area contributed by atoms with Crippen molar-refractivity contribution in [1.29, 1.82) is 0 Å². The first-order valence-electron chi connectivity index (χ1n) is 6.38. The molecule has 0 aromatic carbocycles. The van der Waals surface area contributed by atoms with Gasteiger partial charge in [0.1, 0.15) is 0 Å². The maximum atomic E-state index is 9.35. The van der Waals surface area contributed by atoms with Gasteiger partial charge in [-0.1, -0.05) is 39.5 Å². The van der Waals surface area contributed by atoms with Crippen LogP contribution in [0.4, 0.5) is 0 Å². The van der Waals surface area contributed by atoms with Crippen molar-refractivity contribution in [3.8, 4) is 0 Å². The maximum Gasteiger partial charge on any atom is 0.0509 e. The Labute approximate surface area is 93.7 Å². The lowest BCUT2D eigenvalue weighted by Crippen LogP contribution is -2.37. The van der Waals surface area contributed by atoms with Crippen molar-refractivity contribution in [1.82, 2.24) is 0 Å². The molecule has 2 heteroatoms. The van der Waals surface area contributed by atoms with Gasteiger partial charge in [-0.25, -0.2) is 0 Å². The molecule has 1 saturated carbocycles. The van der Waals surface area contributed by atoms with Gasteiger partial charge in [-0.05, 0) is 24.7 Å². The van der Waals surface area contributed by atoms with E-state index in [0.29, 0.717) is 5.92 Å². The molecule has 90 valence electrons. The molecule has 0 radical (unpaired) electrons. The SMILES string of the molecule is CCC[C@H]1CC[C@H](C(C)(CO)CO)CC1. The number of aliphatic hydroxyl groups is 2. The molecule has 0 saturated heterocycles. The van der Waals surface area contributed by atoms with Crippen LogP contribution in [0.2, 0.25) is 0 Å². The van der Waals surface area contributed by atoms with Crippen molar-refractivity contribution in [3.05, 3.63) is 0 Å². The van der Waals surface area contributed by atoms with Gasteiger partial charge in [0.05, 0.1) is 13.2 Å². The smallest absolute Gasteiger partial charge is 0.0509 e. The van der Waals surface area contributed by atoms with E-state index in [0.717, 1.165) is 5.92 Å². The molecule has 0 atom stereocenters. The Morgan fingerprint density at radius 3 is 2.00 bits per heavy atom. The lowest BCUT2D eigenvalue weighted by molar-refractivity contribution is -0.00213. The number of rotatable bonds is 5. The highest BCUT2D eigenvalue weighted by Gasteiger charge is 2.35. The highest BCUT2D eigenvalue weighted by molar-refractivity contribution is 4.85. The fourth-order valence-electron chi connectivity index (χ4n) is 2.86. The van der Waals surface area contributed by atoms with Gasteiger partial charge >= 0.3 is 0 Å². The summed E-state index contributed by atoms with van der Waals surface area (Å²) < 4.78 is 0.